The number of rotatable bonds is 4. The number of fused-ring (bicyclic) bond motifs is 1. The van der Waals surface area contributed by atoms with Crippen LogP contribution in [0.3, 0.4) is 0 Å². The lowest BCUT2D eigenvalue weighted by atomic mass is 10.1. The molecule has 2 aromatic heterocycles. The summed E-state index contributed by atoms with van der Waals surface area (Å²) in [6, 6.07) is 7.95. The molecule has 0 saturated heterocycles. The van der Waals surface area contributed by atoms with Crippen LogP contribution >= 0.6 is 0 Å². The number of nitrogens with two attached hydrogens (primary N) is 1. The number of nitrogen functional groups attached to an aromatic ring is 1. The fraction of sp³-hybridized carbons (Fsp3) is 0.158. The number of carbonyl (C=O) groups excluding carboxylic acids is 2. The molecule has 9 heteroatoms. The number of ether oxygens (including phenoxy) is 1. The van der Waals surface area contributed by atoms with Gasteiger partial charge in [0.25, 0.3) is 17.4 Å². The average molecular weight is 379 g/mol. The molecule has 0 spiro atoms. The number of aromatic nitrogens is 3. The van der Waals surface area contributed by atoms with Gasteiger partial charge in [0.15, 0.2) is 0 Å². The van der Waals surface area contributed by atoms with Crippen LogP contribution in [-0.2, 0) is 13.7 Å². The Bertz CT molecular complexity index is 1190. The molecule has 9 nitrogen and oxygen atoms in total. The first-order valence-electron chi connectivity index (χ1n) is 8.49. The molecule has 3 aromatic rings. The van der Waals surface area contributed by atoms with Crippen LogP contribution in [0.4, 0.5) is 5.82 Å². The highest BCUT2D eigenvalue weighted by molar-refractivity contribution is 6.23. The van der Waals surface area contributed by atoms with E-state index in [-0.39, 0.29) is 23.6 Å². The number of para-hydroxylation sites is 2. The highest BCUT2D eigenvalue weighted by Gasteiger charge is 2.32. The number of aryl methyl sites for hydroxylation is 1. The van der Waals surface area contributed by atoms with E-state index in [0.29, 0.717) is 11.4 Å². The SMILES string of the molecule is Cc1c(COc2ccccc2-n2c(N)c3c(cc2=O)C(=O)NC3=O)cnn1C. The second-order valence-electron chi connectivity index (χ2n) is 6.41. The van der Waals surface area contributed by atoms with Gasteiger partial charge in [-0.05, 0) is 19.1 Å². The zero-order valence-electron chi connectivity index (χ0n) is 15.2. The molecular formula is C19H17N5O4. The van der Waals surface area contributed by atoms with E-state index in [1.165, 1.54) is 4.57 Å². The molecule has 0 radical (unpaired) electrons. The number of pyridine rings is 1. The maximum Gasteiger partial charge on any atom is 0.262 e. The van der Waals surface area contributed by atoms with Crippen LogP contribution in [0.25, 0.3) is 5.69 Å². The summed E-state index contributed by atoms with van der Waals surface area (Å²) < 4.78 is 8.82. The summed E-state index contributed by atoms with van der Waals surface area (Å²) in [5.41, 5.74) is 7.78. The summed E-state index contributed by atoms with van der Waals surface area (Å²) in [6.07, 6.45) is 1.71. The van der Waals surface area contributed by atoms with E-state index in [2.05, 4.69) is 10.4 Å². The minimum absolute atomic E-state index is 0.0116. The number of anilines is 1. The molecule has 1 aliphatic heterocycles. The molecule has 2 amide bonds. The molecular weight excluding hydrogens is 362 g/mol. The molecule has 0 unspecified atom stereocenters. The molecule has 142 valence electrons. The lowest BCUT2D eigenvalue weighted by Crippen LogP contribution is -2.24. The van der Waals surface area contributed by atoms with Crippen LogP contribution < -0.4 is 21.3 Å². The molecule has 0 aliphatic carbocycles. The Morgan fingerprint density at radius 1 is 1.18 bits per heavy atom. The zero-order valence-corrected chi connectivity index (χ0v) is 15.2. The van der Waals surface area contributed by atoms with Crippen LogP contribution in [0.1, 0.15) is 32.0 Å². The molecule has 0 bridgehead atoms. The van der Waals surface area contributed by atoms with E-state index in [1.807, 2.05) is 14.0 Å². The van der Waals surface area contributed by atoms with E-state index in [4.69, 9.17) is 10.5 Å². The summed E-state index contributed by atoms with van der Waals surface area (Å²) in [7, 11) is 1.84. The van der Waals surface area contributed by atoms with Gasteiger partial charge in [0, 0.05) is 24.4 Å². The number of carbonyl (C=O) groups is 2. The van der Waals surface area contributed by atoms with Crippen LogP contribution in [0, 0.1) is 6.92 Å². The van der Waals surface area contributed by atoms with Crippen molar-refractivity contribution >= 4 is 17.6 Å². The van der Waals surface area contributed by atoms with E-state index < -0.39 is 17.4 Å². The standard InChI is InChI=1S/C19H17N5O4/c1-10-11(8-21-23(10)2)9-28-14-6-4-3-5-13(14)24-15(25)7-12-16(17(24)20)19(27)22-18(12)26/h3-8H,9,20H2,1-2H3,(H,22,26,27). The lowest BCUT2D eigenvalue weighted by Gasteiger charge is -2.16. The second kappa shape index (κ2) is 6.38. The van der Waals surface area contributed by atoms with Crippen molar-refractivity contribution in [1.82, 2.24) is 19.7 Å². The summed E-state index contributed by atoms with van der Waals surface area (Å²) in [5, 5.41) is 6.33. The van der Waals surface area contributed by atoms with Gasteiger partial charge in [0.1, 0.15) is 18.2 Å². The minimum Gasteiger partial charge on any atom is -0.487 e. The van der Waals surface area contributed by atoms with Crippen molar-refractivity contribution in [3.05, 3.63) is 69.3 Å². The first-order chi connectivity index (χ1) is 13.4. The zero-order chi connectivity index (χ0) is 20.0. The Labute approximate surface area is 159 Å². The van der Waals surface area contributed by atoms with Gasteiger partial charge in [0.05, 0.1) is 23.0 Å². The van der Waals surface area contributed by atoms with Gasteiger partial charge >= 0.3 is 0 Å². The third-order valence-electron chi connectivity index (χ3n) is 4.78. The minimum atomic E-state index is -0.632. The smallest absolute Gasteiger partial charge is 0.262 e. The summed E-state index contributed by atoms with van der Waals surface area (Å²) >= 11 is 0. The molecule has 1 aromatic carbocycles. The van der Waals surface area contributed by atoms with Gasteiger partial charge in [-0.1, -0.05) is 12.1 Å². The van der Waals surface area contributed by atoms with Crippen molar-refractivity contribution in [3.8, 4) is 11.4 Å². The lowest BCUT2D eigenvalue weighted by molar-refractivity contribution is 0.0880. The molecule has 0 saturated carbocycles. The molecule has 28 heavy (non-hydrogen) atoms. The van der Waals surface area contributed by atoms with Gasteiger partial charge in [-0.2, -0.15) is 5.10 Å². The molecule has 3 heterocycles. The van der Waals surface area contributed by atoms with Crippen LogP contribution in [0.2, 0.25) is 0 Å². The van der Waals surface area contributed by atoms with Gasteiger partial charge in [-0.15, -0.1) is 0 Å². The van der Waals surface area contributed by atoms with E-state index in [0.717, 1.165) is 17.3 Å². The molecule has 1 aliphatic rings. The number of amides is 2. The van der Waals surface area contributed by atoms with E-state index in [1.54, 1.807) is 35.1 Å². The number of nitrogens with zero attached hydrogens (tertiary/aromatic N) is 3. The predicted octanol–water partition coefficient (Wildman–Crippen LogP) is 0.924. The average Bonchev–Trinajstić information content (AvgIpc) is 3.13. The number of benzene rings is 1. The number of nitrogens with one attached hydrogen (secondary N) is 1. The van der Waals surface area contributed by atoms with Crippen molar-refractivity contribution in [2.75, 3.05) is 5.73 Å². The van der Waals surface area contributed by atoms with E-state index in [9.17, 15) is 14.4 Å². The Morgan fingerprint density at radius 3 is 2.64 bits per heavy atom. The Kier molecular flexibility index (Phi) is 3.99. The van der Waals surface area contributed by atoms with Crippen molar-refractivity contribution < 1.29 is 14.3 Å². The van der Waals surface area contributed by atoms with Crippen LogP contribution in [0.15, 0.2) is 41.3 Å². The highest BCUT2D eigenvalue weighted by Crippen LogP contribution is 2.28. The molecule has 4 rings (SSSR count). The Morgan fingerprint density at radius 2 is 1.93 bits per heavy atom. The first kappa shape index (κ1) is 17.5. The summed E-state index contributed by atoms with van der Waals surface area (Å²) in [4.78, 5) is 36.5. The topological polar surface area (TPSA) is 121 Å². The Hall–Kier alpha value is -3.88. The monoisotopic (exact) mass is 379 g/mol. The summed E-state index contributed by atoms with van der Waals surface area (Å²) in [5.74, 6) is -0.966. The predicted molar refractivity (Wildman–Crippen MR) is 101 cm³/mol. The third kappa shape index (κ3) is 2.64. The van der Waals surface area contributed by atoms with Crippen molar-refractivity contribution in [1.29, 1.82) is 0 Å². The van der Waals surface area contributed by atoms with Gasteiger partial charge < -0.3 is 10.5 Å². The third-order valence-corrected chi connectivity index (χ3v) is 4.78. The maximum atomic E-state index is 12.7. The normalized spacial score (nSPS) is 12.8. The number of hydrogen-bond acceptors (Lipinski definition) is 6. The second-order valence-corrected chi connectivity index (χ2v) is 6.41. The Balaban J connectivity index is 1.78. The molecule has 0 fully saturated rings. The first-order valence-corrected chi connectivity index (χ1v) is 8.49. The van der Waals surface area contributed by atoms with Crippen LogP contribution in [-0.4, -0.2) is 26.2 Å². The van der Waals surface area contributed by atoms with Crippen molar-refractivity contribution in [2.24, 2.45) is 7.05 Å². The number of imide groups is 1. The fourth-order valence-electron chi connectivity index (χ4n) is 3.13. The van der Waals surface area contributed by atoms with Gasteiger partial charge in [0.2, 0.25) is 0 Å². The fourth-order valence-corrected chi connectivity index (χ4v) is 3.13. The largest absolute Gasteiger partial charge is 0.487 e. The van der Waals surface area contributed by atoms with Crippen molar-refractivity contribution in [3.63, 3.8) is 0 Å². The summed E-state index contributed by atoms with van der Waals surface area (Å²) in [6.45, 7) is 2.17. The van der Waals surface area contributed by atoms with Crippen molar-refractivity contribution in [2.45, 2.75) is 13.5 Å². The molecule has 3 N–H and O–H groups in total. The van der Waals surface area contributed by atoms with E-state index >= 15 is 0 Å². The molecule has 0 atom stereocenters. The van der Waals surface area contributed by atoms with Gasteiger partial charge in [-0.25, -0.2) is 0 Å². The maximum absolute atomic E-state index is 12.7. The highest BCUT2D eigenvalue weighted by atomic mass is 16.5. The quantitative estimate of drug-likeness (QED) is 0.650. The van der Waals surface area contributed by atoms with Crippen LogP contribution in [0.5, 0.6) is 5.75 Å². The number of hydrogen-bond donors (Lipinski definition) is 2. The van der Waals surface area contributed by atoms with Gasteiger partial charge in [-0.3, -0.25) is 28.9 Å².